The number of rotatable bonds is 5. The van der Waals surface area contributed by atoms with Gasteiger partial charge in [-0.05, 0) is 66.5 Å². The van der Waals surface area contributed by atoms with Gasteiger partial charge in [-0.15, -0.1) is 0 Å². The van der Waals surface area contributed by atoms with Crippen molar-refractivity contribution in [3.05, 3.63) is 71.9 Å². The molecule has 2 heterocycles. The molecule has 1 saturated heterocycles. The summed E-state index contributed by atoms with van der Waals surface area (Å²) in [6.45, 7) is 5.19. The van der Waals surface area contributed by atoms with Gasteiger partial charge in [0, 0.05) is 31.2 Å². The minimum absolute atomic E-state index is 0.111. The van der Waals surface area contributed by atoms with Gasteiger partial charge in [-0.25, -0.2) is 0 Å². The van der Waals surface area contributed by atoms with Gasteiger partial charge in [-0.2, -0.15) is 0 Å². The summed E-state index contributed by atoms with van der Waals surface area (Å²) in [5.41, 5.74) is 3.58. The van der Waals surface area contributed by atoms with Gasteiger partial charge in [0.1, 0.15) is 11.9 Å². The normalized spacial score (nSPS) is 26.6. The van der Waals surface area contributed by atoms with Crippen molar-refractivity contribution in [2.45, 2.75) is 44.9 Å². The monoisotopic (exact) mass is 402 g/mol. The van der Waals surface area contributed by atoms with Crippen LogP contribution in [-0.4, -0.2) is 40.3 Å². The maximum atomic E-state index is 10.7. The molecule has 156 valence electrons. The zero-order valence-electron chi connectivity index (χ0n) is 17.6. The number of aliphatic hydroxyl groups excluding tert-OH is 1. The van der Waals surface area contributed by atoms with E-state index in [1.165, 1.54) is 16.5 Å². The number of hydrogen-bond donors (Lipinski definition) is 1. The third-order valence-corrected chi connectivity index (χ3v) is 6.81. The van der Waals surface area contributed by atoms with Crippen molar-refractivity contribution in [2.24, 2.45) is 11.8 Å². The van der Waals surface area contributed by atoms with Crippen molar-refractivity contribution >= 4 is 10.9 Å². The van der Waals surface area contributed by atoms with Crippen molar-refractivity contribution in [3.63, 3.8) is 0 Å². The number of pyridine rings is 1. The van der Waals surface area contributed by atoms with Crippen molar-refractivity contribution in [3.8, 4) is 5.75 Å². The Labute approximate surface area is 178 Å². The Balaban J connectivity index is 1.23. The number of ether oxygens (including phenoxy) is 1. The van der Waals surface area contributed by atoms with Gasteiger partial charge in [-0.1, -0.05) is 37.3 Å². The molecule has 1 N–H and O–H groups in total. The number of fused-ring (bicyclic) bond motifs is 2. The number of benzene rings is 2. The molecule has 5 rings (SSSR count). The molecule has 4 nitrogen and oxygen atoms in total. The van der Waals surface area contributed by atoms with Crippen LogP contribution < -0.4 is 4.74 Å². The first-order chi connectivity index (χ1) is 14.7. The molecule has 2 aromatic carbocycles. The number of aromatic nitrogens is 1. The maximum absolute atomic E-state index is 10.7. The van der Waals surface area contributed by atoms with E-state index < -0.39 is 0 Å². The predicted molar refractivity (Wildman–Crippen MR) is 119 cm³/mol. The standard InChI is InChI=1S/C26H30N2O2/c1-2-18-6-5-8-23(11-18)30-26-13-22-17-28(16-21(22)12-25(26)29)15-19-10-20-7-3-4-9-24(20)27-14-19/h3-11,14,21-22,25-26,29H,2,12-13,15-17H2,1H3/t21-,22+,25+,26+/m0/s1. The van der Waals surface area contributed by atoms with E-state index in [1.54, 1.807) is 0 Å². The topological polar surface area (TPSA) is 45.6 Å². The molecule has 4 heteroatoms. The lowest BCUT2D eigenvalue weighted by Gasteiger charge is -2.35. The van der Waals surface area contributed by atoms with Crippen LogP contribution in [0.25, 0.3) is 10.9 Å². The Bertz CT molecular complexity index is 1020. The fraction of sp³-hybridized carbons (Fsp3) is 0.423. The minimum Gasteiger partial charge on any atom is -0.488 e. The zero-order chi connectivity index (χ0) is 20.5. The smallest absolute Gasteiger partial charge is 0.125 e. The third kappa shape index (κ3) is 4.07. The third-order valence-electron chi connectivity index (χ3n) is 6.81. The highest BCUT2D eigenvalue weighted by molar-refractivity contribution is 5.78. The summed E-state index contributed by atoms with van der Waals surface area (Å²) in [5, 5.41) is 11.9. The second kappa shape index (κ2) is 8.37. The van der Waals surface area contributed by atoms with Gasteiger partial charge >= 0.3 is 0 Å². The molecule has 2 aliphatic rings. The van der Waals surface area contributed by atoms with E-state index >= 15 is 0 Å². The van der Waals surface area contributed by atoms with Crippen LogP contribution in [0.3, 0.4) is 0 Å². The molecule has 4 atom stereocenters. The largest absolute Gasteiger partial charge is 0.488 e. The Morgan fingerprint density at radius 3 is 2.70 bits per heavy atom. The number of aryl methyl sites for hydroxylation is 1. The molecule has 1 aliphatic heterocycles. The first-order valence-electron chi connectivity index (χ1n) is 11.2. The molecule has 0 unspecified atom stereocenters. The molecule has 30 heavy (non-hydrogen) atoms. The Kier molecular flexibility index (Phi) is 5.45. The number of likely N-dealkylation sites (tertiary alicyclic amines) is 1. The van der Waals surface area contributed by atoms with Gasteiger partial charge in [0.25, 0.3) is 0 Å². The average Bonchev–Trinajstić information content (AvgIpc) is 3.15. The van der Waals surface area contributed by atoms with Crippen LogP contribution in [0.2, 0.25) is 0 Å². The number of aliphatic hydroxyl groups is 1. The van der Waals surface area contributed by atoms with Gasteiger partial charge in [0.15, 0.2) is 0 Å². The lowest BCUT2D eigenvalue weighted by molar-refractivity contribution is -0.0231. The summed E-state index contributed by atoms with van der Waals surface area (Å²) in [5.74, 6) is 2.02. The van der Waals surface area contributed by atoms with E-state index in [4.69, 9.17) is 4.74 Å². The summed E-state index contributed by atoms with van der Waals surface area (Å²) in [6, 6.07) is 18.8. The van der Waals surface area contributed by atoms with Crippen molar-refractivity contribution in [2.75, 3.05) is 13.1 Å². The molecule has 1 saturated carbocycles. The molecule has 0 bridgehead atoms. The molecule has 1 aromatic heterocycles. The van der Waals surface area contributed by atoms with E-state index in [2.05, 4.69) is 53.2 Å². The predicted octanol–water partition coefficient (Wildman–Crippen LogP) is 4.45. The quantitative estimate of drug-likeness (QED) is 0.685. The van der Waals surface area contributed by atoms with E-state index in [0.29, 0.717) is 11.8 Å². The fourth-order valence-electron chi connectivity index (χ4n) is 5.22. The molecule has 0 spiro atoms. The van der Waals surface area contributed by atoms with E-state index in [0.717, 1.165) is 50.2 Å². The first kappa shape index (κ1) is 19.5. The number of nitrogens with zero attached hydrogens (tertiary/aromatic N) is 2. The van der Waals surface area contributed by atoms with Crippen LogP contribution in [0, 0.1) is 11.8 Å². The molecular weight excluding hydrogens is 372 g/mol. The fourth-order valence-corrected chi connectivity index (χ4v) is 5.22. The van der Waals surface area contributed by atoms with Gasteiger partial charge in [-0.3, -0.25) is 9.88 Å². The SMILES string of the molecule is CCc1cccc(O[C@@H]2C[C@@H]3CN(Cc4cnc5ccccc5c4)C[C@@H]3C[C@H]2O)c1. The van der Waals surface area contributed by atoms with Crippen LogP contribution in [0.15, 0.2) is 60.8 Å². The van der Waals surface area contributed by atoms with Crippen LogP contribution in [0.1, 0.15) is 30.9 Å². The minimum atomic E-state index is -0.390. The van der Waals surface area contributed by atoms with Crippen LogP contribution in [0.5, 0.6) is 5.75 Å². The summed E-state index contributed by atoms with van der Waals surface area (Å²) in [4.78, 5) is 7.13. The highest BCUT2D eigenvalue weighted by atomic mass is 16.5. The summed E-state index contributed by atoms with van der Waals surface area (Å²) in [7, 11) is 0. The number of para-hydroxylation sites is 1. The van der Waals surface area contributed by atoms with E-state index in [-0.39, 0.29) is 12.2 Å². The lowest BCUT2D eigenvalue weighted by Crippen LogP contribution is -2.42. The summed E-state index contributed by atoms with van der Waals surface area (Å²) in [6.07, 6.45) is 4.25. The van der Waals surface area contributed by atoms with E-state index in [9.17, 15) is 5.11 Å². The summed E-state index contributed by atoms with van der Waals surface area (Å²) >= 11 is 0. The Morgan fingerprint density at radius 2 is 1.83 bits per heavy atom. The summed E-state index contributed by atoms with van der Waals surface area (Å²) < 4.78 is 6.24. The Morgan fingerprint density at radius 1 is 1.00 bits per heavy atom. The Hall–Kier alpha value is -2.43. The first-order valence-corrected chi connectivity index (χ1v) is 11.2. The van der Waals surface area contributed by atoms with Crippen LogP contribution in [0.4, 0.5) is 0 Å². The highest BCUT2D eigenvalue weighted by Crippen LogP contribution is 2.38. The molecule has 2 fully saturated rings. The van der Waals surface area contributed by atoms with E-state index in [1.807, 2.05) is 24.4 Å². The maximum Gasteiger partial charge on any atom is 0.125 e. The molecular formula is C26H30N2O2. The van der Waals surface area contributed by atoms with Crippen LogP contribution >= 0.6 is 0 Å². The van der Waals surface area contributed by atoms with Crippen molar-refractivity contribution in [1.29, 1.82) is 0 Å². The van der Waals surface area contributed by atoms with Gasteiger partial charge < -0.3 is 9.84 Å². The highest BCUT2D eigenvalue weighted by Gasteiger charge is 2.42. The second-order valence-corrected chi connectivity index (χ2v) is 8.95. The second-order valence-electron chi connectivity index (χ2n) is 8.95. The van der Waals surface area contributed by atoms with Gasteiger partial charge in [0.2, 0.25) is 0 Å². The molecule has 0 radical (unpaired) electrons. The zero-order valence-corrected chi connectivity index (χ0v) is 17.6. The molecule has 1 aliphatic carbocycles. The average molecular weight is 403 g/mol. The lowest BCUT2D eigenvalue weighted by atomic mass is 9.78. The number of hydrogen-bond acceptors (Lipinski definition) is 4. The molecule has 0 amide bonds. The van der Waals surface area contributed by atoms with Crippen LogP contribution in [-0.2, 0) is 13.0 Å². The van der Waals surface area contributed by atoms with Crippen molar-refractivity contribution < 1.29 is 9.84 Å². The van der Waals surface area contributed by atoms with Crippen molar-refractivity contribution in [1.82, 2.24) is 9.88 Å². The van der Waals surface area contributed by atoms with Gasteiger partial charge in [0.05, 0.1) is 11.6 Å². The molecule has 3 aromatic rings.